The highest BCUT2D eigenvalue weighted by molar-refractivity contribution is 5.46. The molecule has 21 heavy (non-hydrogen) atoms. The fourth-order valence-corrected chi connectivity index (χ4v) is 1.96. The Morgan fingerprint density at radius 3 is 2.57 bits per heavy atom. The van der Waals surface area contributed by atoms with Crippen molar-refractivity contribution in [2.24, 2.45) is 5.92 Å². The number of benzene rings is 1. The summed E-state index contributed by atoms with van der Waals surface area (Å²) in [7, 11) is 0. The van der Waals surface area contributed by atoms with Gasteiger partial charge >= 0.3 is 0 Å². The molecule has 0 spiro atoms. The van der Waals surface area contributed by atoms with Gasteiger partial charge in [-0.05, 0) is 32.4 Å². The Kier molecular flexibility index (Phi) is 8.16. The lowest BCUT2D eigenvalue weighted by molar-refractivity contribution is 0.153. The van der Waals surface area contributed by atoms with Gasteiger partial charge in [0.15, 0.2) is 11.5 Å². The number of nitrogens with one attached hydrogen (secondary N) is 1. The maximum atomic E-state index is 9.35. The van der Waals surface area contributed by atoms with E-state index in [0.717, 1.165) is 30.2 Å². The number of aliphatic hydroxyl groups excluding tert-OH is 1. The number of aliphatic hydroxyl groups is 1. The van der Waals surface area contributed by atoms with Crippen LogP contribution in [-0.4, -0.2) is 31.0 Å². The van der Waals surface area contributed by atoms with Crippen LogP contribution in [0.5, 0.6) is 11.5 Å². The number of rotatable bonds is 10. The van der Waals surface area contributed by atoms with E-state index >= 15 is 0 Å². The molecule has 0 aliphatic heterocycles. The van der Waals surface area contributed by atoms with Crippen LogP contribution in [0.1, 0.15) is 39.7 Å². The Labute approximate surface area is 128 Å². The lowest BCUT2D eigenvalue weighted by Gasteiger charge is -2.17. The lowest BCUT2D eigenvalue weighted by Crippen LogP contribution is -2.20. The van der Waals surface area contributed by atoms with Gasteiger partial charge in [-0.2, -0.15) is 0 Å². The highest BCUT2D eigenvalue weighted by atomic mass is 16.5. The summed E-state index contributed by atoms with van der Waals surface area (Å²) in [6.07, 6.45) is 0.256. The summed E-state index contributed by atoms with van der Waals surface area (Å²) in [5.41, 5.74) is 1.09. The summed E-state index contributed by atoms with van der Waals surface area (Å²) < 4.78 is 11.5. The number of ether oxygens (including phenoxy) is 2. The molecule has 0 saturated carbocycles. The minimum Gasteiger partial charge on any atom is -0.490 e. The third-order valence-corrected chi connectivity index (χ3v) is 3.01. The molecule has 120 valence electrons. The van der Waals surface area contributed by atoms with Crippen LogP contribution in [0.2, 0.25) is 0 Å². The highest BCUT2D eigenvalue weighted by Crippen LogP contribution is 2.31. The molecule has 4 nitrogen and oxygen atoms in total. The number of hydrogen-bond donors (Lipinski definition) is 2. The molecule has 0 heterocycles. The molecule has 0 radical (unpaired) electrons. The third-order valence-electron chi connectivity index (χ3n) is 3.01. The normalized spacial score (nSPS) is 12.5. The van der Waals surface area contributed by atoms with Crippen molar-refractivity contribution in [2.45, 2.75) is 46.8 Å². The van der Waals surface area contributed by atoms with Crippen LogP contribution < -0.4 is 14.8 Å². The Hall–Kier alpha value is -1.26. The summed E-state index contributed by atoms with van der Waals surface area (Å²) in [6.45, 7) is 10.9. The van der Waals surface area contributed by atoms with E-state index in [1.54, 1.807) is 6.92 Å². The minimum absolute atomic E-state index is 0.355. The quantitative estimate of drug-likeness (QED) is 0.697. The molecule has 0 aromatic heterocycles. The molecule has 2 N–H and O–H groups in total. The van der Waals surface area contributed by atoms with Crippen molar-refractivity contribution in [3.63, 3.8) is 0 Å². The maximum absolute atomic E-state index is 9.35. The van der Waals surface area contributed by atoms with E-state index in [4.69, 9.17) is 9.47 Å². The standard InChI is InChI=1S/C17H29NO3/c1-5-20-16-8-6-7-15(12-18-11-13(2)3)17(16)21-10-9-14(4)19/h6-8,13-14,18-19H,5,9-12H2,1-4H3. The molecule has 0 aliphatic rings. The monoisotopic (exact) mass is 295 g/mol. The second kappa shape index (κ2) is 9.64. The largest absolute Gasteiger partial charge is 0.490 e. The van der Waals surface area contributed by atoms with Gasteiger partial charge in [0.05, 0.1) is 19.3 Å². The van der Waals surface area contributed by atoms with Crippen molar-refractivity contribution in [1.29, 1.82) is 0 Å². The molecule has 1 atom stereocenters. The third kappa shape index (κ3) is 6.82. The average Bonchev–Trinajstić information content (AvgIpc) is 2.41. The molecular formula is C17H29NO3. The first-order valence-corrected chi connectivity index (χ1v) is 7.80. The molecule has 4 heteroatoms. The Bertz CT molecular complexity index is 405. The van der Waals surface area contributed by atoms with Gasteiger partial charge in [-0.1, -0.05) is 26.0 Å². The van der Waals surface area contributed by atoms with Gasteiger partial charge in [-0.15, -0.1) is 0 Å². The Balaban J connectivity index is 2.76. The van der Waals surface area contributed by atoms with E-state index in [0.29, 0.717) is 25.6 Å². The second-order valence-electron chi connectivity index (χ2n) is 5.69. The SMILES string of the molecule is CCOc1cccc(CNCC(C)C)c1OCCC(C)O. The van der Waals surface area contributed by atoms with E-state index in [1.165, 1.54) is 0 Å². The fourth-order valence-electron chi connectivity index (χ4n) is 1.96. The van der Waals surface area contributed by atoms with Gasteiger partial charge < -0.3 is 19.9 Å². The highest BCUT2D eigenvalue weighted by Gasteiger charge is 2.11. The van der Waals surface area contributed by atoms with Crippen LogP contribution in [-0.2, 0) is 6.54 Å². The molecule has 0 amide bonds. The van der Waals surface area contributed by atoms with Crippen LogP contribution in [0.25, 0.3) is 0 Å². The van der Waals surface area contributed by atoms with Gasteiger partial charge in [-0.25, -0.2) is 0 Å². The van der Waals surface area contributed by atoms with E-state index < -0.39 is 0 Å². The lowest BCUT2D eigenvalue weighted by atomic mass is 10.1. The molecule has 1 rings (SSSR count). The molecule has 1 unspecified atom stereocenters. The van der Waals surface area contributed by atoms with Gasteiger partial charge in [-0.3, -0.25) is 0 Å². The molecule has 1 aromatic rings. The molecule has 0 saturated heterocycles. The first-order valence-electron chi connectivity index (χ1n) is 7.80. The van der Waals surface area contributed by atoms with Crippen molar-refractivity contribution in [3.8, 4) is 11.5 Å². The van der Waals surface area contributed by atoms with E-state index in [-0.39, 0.29) is 6.10 Å². The van der Waals surface area contributed by atoms with Crippen molar-refractivity contribution in [1.82, 2.24) is 5.32 Å². The zero-order valence-corrected chi connectivity index (χ0v) is 13.7. The summed E-state index contributed by atoms with van der Waals surface area (Å²) in [6, 6.07) is 5.96. The van der Waals surface area contributed by atoms with Gasteiger partial charge in [0, 0.05) is 18.5 Å². The minimum atomic E-state index is -0.355. The molecule has 1 aromatic carbocycles. The smallest absolute Gasteiger partial charge is 0.165 e. The molecular weight excluding hydrogens is 266 g/mol. The van der Waals surface area contributed by atoms with Crippen molar-refractivity contribution < 1.29 is 14.6 Å². The van der Waals surface area contributed by atoms with Crippen molar-refractivity contribution >= 4 is 0 Å². The maximum Gasteiger partial charge on any atom is 0.165 e. The summed E-state index contributed by atoms with van der Waals surface area (Å²) in [5, 5.41) is 12.8. The van der Waals surface area contributed by atoms with Crippen LogP contribution in [0.3, 0.4) is 0 Å². The molecule has 0 fully saturated rings. The topological polar surface area (TPSA) is 50.7 Å². The van der Waals surface area contributed by atoms with Crippen LogP contribution in [0.15, 0.2) is 18.2 Å². The van der Waals surface area contributed by atoms with Gasteiger partial charge in [0.25, 0.3) is 0 Å². The predicted octanol–water partition coefficient (Wildman–Crippen LogP) is 2.98. The van der Waals surface area contributed by atoms with E-state index in [9.17, 15) is 5.11 Å². The van der Waals surface area contributed by atoms with Crippen molar-refractivity contribution in [2.75, 3.05) is 19.8 Å². The van der Waals surface area contributed by atoms with E-state index in [2.05, 4.69) is 19.2 Å². The second-order valence-corrected chi connectivity index (χ2v) is 5.69. The van der Waals surface area contributed by atoms with Crippen LogP contribution in [0.4, 0.5) is 0 Å². The van der Waals surface area contributed by atoms with Crippen LogP contribution in [0, 0.1) is 5.92 Å². The summed E-state index contributed by atoms with van der Waals surface area (Å²) >= 11 is 0. The first kappa shape index (κ1) is 17.8. The fraction of sp³-hybridized carbons (Fsp3) is 0.647. The molecule has 0 aliphatic carbocycles. The summed E-state index contributed by atoms with van der Waals surface area (Å²) in [4.78, 5) is 0. The first-order chi connectivity index (χ1) is 10.0. The van der Waals surface area contributed by atoms with Gasteiger partial charge in [0.1, 0.15) is 0 Å². The van der Waals surface area contributed by atoms with Gasteiger partial charge in [0.2, 0.25) is 0 Å². The zero-order chi connectivity index (χ0) is 15.7. The predicted molar refractivity (Wildman–Crippen MR) is 85.9 cm³/mol. The average molecular weight is 295 g/mol. The van der Waals surface area contributed by atoms with Crippen molar-refractivity contribution in [3.05, 3.63) is 23.8 Å². The van der Waals surface area contributed by atoms with E-state index in [1.807, 2.05) is 25.1 Å². The Morgan fingerprint density at radius 1 is 1.19 bits per heavy atom. The number of para-hydroxylation sites is 1. The van der Waals surface area contributed by atoms with Crippen LogP contribution >= 0.6 is 0 Å². The summed E-state index contributed by atoms with van der Waals surface area (Å²) in [5.74, 6) is 2.17. The zero-order valence-electron chi connectivity index (χ0n) is 13.7. The Morgan fingerprint density at radius 2 is 1.95 bits per heavy atom. The number of hydrogen-bond acceptors (Lipinski definition) is 4. The molecule has 0 bridgehead atoms.